The summed E-state index contributed by atoms with van der Waals surface area (Å²) in [5.41, 5.74) is 8.05. The van der Waals surface area contributed by atoms with Crippen LogP contribution in [0.3, 0.4) is 0 Å². The number of aromatic nitrogens is 3. The van der Waals surface area contributed by atoms with Crippen LogP contribution in [-0.4, -0.2) is 54.4 Å². The van der Waals surface area contributed by atoms with Gasteiger partial charge < -0.3 is 19.8 Å². The molecule has 3 aromatic rings. The largest absolute Gasteiger partial charge is 0.447 e. The Labute approximate surface area is 192 Å². The van der Waals surface area contributed by atoms with E-state index < -0.39 is 15.1 Å². The van der Waals surface area contributed by atoms with Crippen molar-refractivity contribution < 1.29 is 17.6 Å². The van der Waals surface area contributed by atoms with Crippen LogP contribution in [0.15, 0.2) is 46.2 Å². The third-order valence-corrected chi connectivity index (χ3v) is 8.90. The molecule has 33 heavy (non-hydrogen) atoms. The molecule has 1 aliphatic carbocycles. The minimum absolute atomic E-state index is 0.0108. The summed E-state index contributed by atoms with van der Waals surface area (Å²) in [7, 11) is -3.65. The Morgan fingerprint density at radius 1 is 1.15 bits per heavy atom. The predicted octanol–water partition coefficient (Wildman–Crippen LogP) is 2.82. The van der Waals surface area contributed by atoms with Gasteiger partial charge in [-0.1, -0.05) is 6.92 Å². The van der Waals surface area contributed by atoms with Crippen molar-refractivity contribution in [3.63, 3.8) is 0 Å². The van der Waals surface area contributed by atoms with Gasteiger partial charge in [-0.05, 0) is 44.0 Å². The van der Waals surface area contributed by atoms with Crippen molar-refractivity contribution in [2.75, 3.05) is 30.4 Å². The number of rotatable bonds is 5. The topological polar surface area (TPSA) is 124 Å². The zero-order valence-electron chi connectivity index (χ0n) is 18.8. The molecule has 3 unspecified atom stereocenters. The van der Waals surface area contributed by atoms with Crippen LogP contribution in [-0.2, 0) is 14.6 Å². The quantitative estimate of drug-likeness (QED) is 0.562. The molecule has 9 nitrogen and oxygen atoms in total. The Kier molecular flexibility index (Phi) is 5.37. The molecule has 5 rings (SSSR count). The molecule has 1 saturated carbocycles. The van der Waals surface area contributed by atoms with Gasteiger partial charge in [-0.3, -0.25) is 0 Å². The fraction of sp³-hybridized carbons (Fsp3) is 0.435. The van der Waals surface area contributed by atoms with Gasteiger partial charge in [-0.15, -0.1) is 0 Å². The number of ether oxygens (including phenoxy) is 1. The highest BCUT2D eigenvalue weighted by Gasteiger charge is 2.58. The second-order valence-corrected chi connectivity index (χ2v) is 10.8. The fourth-order valence-corrected chi connectivity index (χ4v) is 6.95. The molecule has 2 N–H and O–H groups in total. The molecule has 2 aliphatic rings. The lowest BCUT2D eigenvalue weighted by molar-refractivity contribution is 0.0985. The SMILES string of the molecule is Cc1ocnc1S(=O)(=O)C1C(C)C1c1cc(N2CCOC[C@@H]2C)nc(-c2ccc(N)cc2)n1. The molecule has 0 amide bonds. The van der Waals surface area contributed by atoms with Gasteiger partial charge in [0.15, 0.2) is 17.2 Å². The maximum absolute atomic E-state index is 13.3. The van der Waals surface area contributed by atoms with Crippen molar-refractivity contribution in [3.8, 4) is 11.4 Å². The first-order valence-electron chi connectivity index (χ1n) is 11.0. The van der Waals surface area contributed by atoms with E-state index >= 15 is 0 Å². The van der Waals surface area contributed by atoms with E-state index in [2.05, 4.69) is 16.8 Å². The van der Waals surface area contributed by atoms with Gasteiger partial charge >= 0.3 is 0 Å². The molecule has 0 bridgehead atoms. The number of hydrogen-bond donors (Lipinski definition) is 1. The third-order valence-electron chi connectivity index (χ3n) is 6.53. The number of anilines is 2. The van der Waals surface area contributed by atoms with Gasteiger partial charge in [-0.25, -0.2) is 23.4 Å². The van der Waals surface area contributed by atoms with E-state index in [-0.39, 0.29) is 22.9 Å². The Morgan fingerprint density at radius 2 is 1.91 bits per heavy atom. The van der Waals surface area contributed by atoms with Crippen LogP contribution < -0.4 is 10.6 Å². The number of oxazole rings is 1. The second-order valence-electron chi connectivity index (χ2n) is 8.82. The van der Waals surface area contributed by atoms with E-state index in [9.17, 15) is 8.42 Å². The van der Waals surface area contributed by atoms with Crippen LogP contribution in [0, 0.1) is 12.8 Å². The Balaban J connectivity index is 1.57. The Bertz CT molecular complexity index is 1270. The number of nitrogens with zero attached hydrogens (tertiary/aromatic N) is 4. The third kappa shape index (κ3) is 3.87. The molecule has 1 saturated heterocycles. The minimum atomic E-state index is -3.65. The normalized spacial score (nSPS) is 25.2. The average Bonchev–Trinajstić information content (AvgIpc) is 3.29. The summed E-state index contributed by atoms with van der Waals surface area (Å²) >= 11 is 0. The van der Waals surface area contributed by atoms with Gasteiger partial charge in [0.1, 0.15) is 11.6 Å². The number of aryl methyl sites for hydroxylation is 1. The standard InChI is InChI=1S/C23H27N5O4S/c1-13-11-31-9-8-28(13)19-10-18(26-22(27-19)16-4-6-17(24)7-5-16)20-14(2)21(20)33(29,30)23-15(3)32-12-25-23/h4-7,10,12-14,20-21H,8-9,11,24H2,1-3H3/t13-,14?,20?,21?/m0/s1. The molecular formula is C23H27N5O4S. The van der Waals surface area contributed by atoms with Crippen LogP contribution in [0.25, 0.3) is 11.4 Å². The highest BCUT2D eigenvalue weighted by Crippen LogP contribution is 2.53. The summed E-state index contributed by atoms with van der Waals surface area (Å²) in [4.78, 5) is 15.8. The first-order chi connectivity index (χ1) is 15.8. The lowest BCUT2D eigenvalue weighted by Crippen LogP contribution is -2.44. The number of morpholine rings is 1. The van der Waals surface area contributed by atoms with Gasteiger partial charge in [-0.2, -0.15) is 0 Å². The second kappa shape index (κ2) is 8.11. The van der Waals surface area contributed by atoms with Gasteiger partial charge in [0.25, 0.3) is 0 Å². The van der Waals surface area contributed by atoms with E-state index in [1.54, 1.807) is 6.92 Å². The van der Waals surface area contributed by atoms with E-state index in [0.717, 1.165) is 11.4 Å². The van der Waals surface area contributed by atoms with Crippen molar-refractivity contribution in [2.24, 2.45) is 5.92 Å². The van der Waals surface area contributed by atoms with Crippen molar-refractivity contribution >= 4 is 21.3 Å². The van der Waals surface area contributed by atoms with E-state index in [0.29, 0.717) is 42.7 Å². The number of sulfone groups is 1. The summed E-state index contributed by atoms with van der Waals surface area (Å²) in [5, 5.41) is -0.595. The predicted molar refractivity (Wildman–Crippen MR) is 124 cm³/mol. The summed E-state index contributed by atoms with van der Waals surface area (Å²) in [6.07, 6.45) is 1.17. The van der Waals surface area contributed by atoms with E-state index in [1.807, 2.05) is 37.3 Å². The zero-order valence-corrected chi connectivity index (χ0v) is 19.6. The van der Waals surface area contributed by atoms with Gasteiger partial charge in [0.05, 0.1) is 30.2 Å². The van der Waals surface area contributed by atoms with Crippen molar-refractivity contribution in [1.82, 2.24) is 15.0 Å². The highest BCUT2D eigenvalue weighted by molar-refractivity contribution is 7.92. The van der Waals surface area contributed by atoms with Gasteiger partial charge in [0.2, 0.25) is 9.84 Å². The van der Waals surface area contributed by atoms with Crippen LogP contribution in [0.4, 0.5) is 11.5 Å². The molecule has 2 fully saturated rings. The highest BCUT2D eigenvalue weighted by atomic mass is 32.2. The monoisotopic (exact) mass is 469 g/mol. The van der Waals surface area contributed by atoms with Crippen LogP contribution in [0.1, 0.15) is 31.2 Å². The average molecular weight is 470 g/mol. The molecule has 0 spiro atoms. The molecule has 3 heterocycles. The van der Waals surface area contributed by atoms with Crippen LogP contribution in [0.5, 0.6) is 0 Å². The van der Waals surface area contributed by atoms with E-state index in [4.69, 9.17) is 24.9 Å². The summed E-state index contributed by atoms with van der Waals surface area (Å²) < 4.78 is 37.3. The fourth-order valence-electron chi connectivity index (χ4n) is 4.64. The number of nitrogen functional groups attached to an aromatic ring is 1. The summed E-state index contributed by atoms with van der Waals surface area (Å²) in [6, 6.07) is 9.45. The molecule has 174 valence electrons. The Morgan fingerprint density at radius 3 is 2.58 bits per heavy atom. The molecule has 0 radical (unpaired) electrons. The molecule has 1 aromatic carbocycles. The molecule has 10 heteroatoms. The molecule has 1 aliphatic heterocycles. The van der Waals surface area contributed by atoms with Crippen LogP contribution in [0.2, 0.25) is 0 Å². The van der Waals surface area contributed by atoms with Crippen molar-refractivity contribution in [2.45, 2.75) is 43.0 Å². The molecule has 4 atom stereocenters. The van der Waals surface area contributed by atoms with Gasteiger partial charge in [0, 0.05) is 29.8 Å². The number of benzene rings is 1. The summed E-state index contributed by atoms with van der Waals surface area (Å²) in [5.74, 6) is 1.28. The maximum Gasteiger partial charge on any atom is 0.202 e. The Hall–Kier alpha value is -2.98. The van der Waals surface area contributed by atoms with Crippen LogP contribution >= 0.6 is 0 Å². The van der Waals surface area contributed by atoms with Crippen molar-refractivity contribution in [3.05, 3.63) is 48.2 Å². The molecular weight excluding hydrogens is 442 g/mol. The molecule has 2 aromatic heterocycles. The lowest BCUT2D eigenvalue weighted by Gasteiger charge is -2.34. The smallest absolute Gasteiger partial charge is 0.202 e. The maximum atomic E-state index is 13.3. The number of nitrogens with two attached hydrogens (primary N) is 1. The first-order valence-corrected chi connectivity index (χ1v) is 12.5. The lowest BCUT2D eigenvalue weighted by atomic mass is 10.1. The minimum Gasteiger partial charge on any atom is -0.447 e. The number of hydrogen-bond acceptors (Lipinski definition) is 9. The van der Waals surface area contributed by atoms with E-state index in [1.165, 1.54) is 6.39 Å². The first kappa shape index (κ1) is 21.8. The summed E-state index contributed by atoms with van der Waals surface area (Å²) in [6.45, 7) is 7.57. The van der Waals surface area contributed by atoms with Crippen molar-refractivity contribution in [1.29, 1.82) is 0 Å². The zero-order chi connectivity index (χ0) is 23.3.